The Morgan fingerprint density at radius 3 is 2.50 bits per heavy atom. The molecule has 0 aliphatic carbocycles. The molecule has 0 aliphatic rings. The number of ether oxygens (including phenoxy) is 2. The van der Waals surface area contributed by atoms with Gasteiger partial charge in [0.25, 0.3) is 5.91 Å². The van der Waals surface area contributed by atoms with E-state index in [0.29, 0.717) is 22.7 Å². The number of rotatable bonds is 5. The summed E-state index contributed by atoms with van der Waals surface area (Å²) >= 11 is 1.56. The number of carbonyl (C=O) groups is 1. The SMILES string of the molecule is COc1cc(OC)cc(C(=O)Nc2ccccc2-c2nc3cnccc3s2)c1. The number of thiazole rings is 1. The predicted molar refractivity (Wildman–Crippen MR) is 110 cm³/mol. The van der Waals surface area contributed by atoms with E-state index in [-0.39, 0.29) is 5.91 Å². The summed E-state index contributed by atoms with van der Waals surface area (Å²) in [4.78, 5) is 21.6. The normalized spacial score (nSPS) is 10.6. The van der Waals surface area contributed by atoms with E-state index >= 15 is 0 Å². The number of aromatic nitrogens is 2. The number of para-hydroxylation sites is 1. The molecule has 1 N–H and O–H groups in total. The van der Waals surface area contributed by atoms with Gasteiger partial charge < -0.3 is 14.8 Å². The Balaban J connectivity index is 1.68. The van der Waals surface area contributed by atoms with Crippen LogP contribution in [0.25, 0.3) is 20.8 Å². The second-order valence-electron chi connectivity index (χ2n) is 5.96. The van der Waals surface area contributed by atoms with Crippen molar-refractivity contribution in [2.45, 2.75) is 0 Å². The van der Waals surface area contributed by atoms with E-state index in [1.807, 2.05) is 30.3 Å². The van der Waals surface area contributed by atoms with Crippen LogP contribution in [-0.2, 0) is 0 Å². The smallest absolute Gasteiger partial charge is 0.255 e. The highest BCUT2D eigenvalue weighted by molar-refractivity contribution is 7.21. The fraction of sp³-hybridized carbons (Fsp3) is 0.0952. The lowest BCUT2D eigenvalue weighted by Crippen LogP contribution is -2.13. The minimum Gasteiger partial charge on any atom is -0.497 e. The summed E-state index contributed by atoms with van der Waals surface area (Å²) in [7, 11) is 3.10. The third kappa shape index (κ3) is 3.52. The average Bonchev–Trinajstić information content (AvgIpc) is 3.17. The maximum Gasteiger partial charge on any atom is 0.255 e. The molecular weight excluding hydrogens is 374 g/mol. The predicted octanol–water partition coefficient (Wildman–Crippen LogP) is 4.63. The Labute approximate surface area is 165 Å². The van der Waals surface area contributed by atoms with Crippen LogP contribution in [0.5, 0.6) is 11.5 Å². The van der Waals surface area contributed by atoms with Crippen LogP contribution in [0, 0.1) is 0 Å². The first-order chi connectivity index (χ1) is 13.7. The van der Waals surface area contributed by atoms with Gasteiger partial charge in [-0.15, -0.1) is 11.3 Å². The molecule has 0 radical (unpaired) electrons. The molecule has 0 saturated heterocycles. The quantitative estimate of drug-likeness (QED) is 0.537. The zero-order chi connectivity index (χ0) is 19.5. The number of hydrogen-bond donors (Lipinski definition) is 1. The highest BCUT2D eigenvalue weighted by Gasteiger charge is 2.15. The third-order valence-corrected chi connectivity index (χ3v) is 5.28. The second kappa shape index (κ2) is 7.66. The van der Waals surface area contributed by atoms with Crippen molar-refractivity contribution in [1.82, 2.24) is 9.97 Å². The molecule has 0 bridgehead atoms. The lowest BCUT2D eigenvalue weighted by molar-refractivity contribution is 0.102. The van der Waals surface area contributed by atoms with Gasteiger partial charge in [-0.25, -0.2) is 4.98 Å². The number of hydrogen-bond acceptors (Lipinski definition) is 6. The number of fused-ring (bicyclic) bond motifs is 1. The number of pyridine rings is 1. The summed E-state index contributed by atoms with van der Waals surface area (Å²) in [6.45, 7) is 0. The summed E-state index contributed by atoms with van der Waals surface area (Å²) in [6.07, 6.45) is 3.48. The van der Waals surface area contributed by atoms with Gasteiger partial charge in [0.2, 0.25) is 0 Å². The molecule has 2 aromatic heterocycles. The van der Waals surface area contributed by atoms with Crippen LogP contribution in [0.1, 0.15) is 10.4 Å². The molecule has 0 unspecified atom stereocenters. The minimum atomic E-state index is -0.257. The molecule has 0 saturated carbocycles. The van der Waals surface area contributed by atoms with Crippen molar-refractivity contribution in [3.05, 3.63) is 66.5 Å². The summed E-state index contributed by atoms with van der Waals surface area (Å²) in [5.41, 5.74) is 2.81. The summed E-state index contributed by atoms with van der Waals surface area (Å²) in [5, 5.41) is 3.79. The van der Waals surface area contributed by atoms with Crippen molar-refractivity contribution in [1.29, 1.82) is 0 Å². The zero-order valence-corrected chi connectivity index (χ0v) is 16.1. The van der Waals surface area contributed by atoms with Crippen LogP contribution in [0.2, 0.25) is 0 Å². The number of methoxy groups -OCH3 is 2. The molecule has 0 spiro atoms. The van der Waals surface area contributed by atoms with Gasteiger partial charge in [0.15, 0.2) is 0 Å². The summed E-state index contributed by atoms with van der Waals surface area (Å²) < 4.78 is 11.5. The van der Waals surface area contributed by atoms with Gasteiger partial charge in [-0.3, -0.25) is 9.78 Å². The Morgan fingerprint density at radius 2 is 1.79 bits per heavy atom. The zero-order valence-electron chi connectivity index (χ0n) is 15.3. The van der Waals surface area contributed by atoms with Crippen LogP contribution in [-0.4, -0.2) is 30.1 Å². The molecule has 0 fully saturated rings. The van der Waals surface area contributed by atoms with Gasteiger partial charge in [0, 0.05) is 23.4 Å². The van der Waals surface area contributed by atoms with Crippen LogP contribution >= 0.6 is 11.3 Å². The number of nitrogens with zero attached hydrogens (tertiary/aromatic N) is 2. The first-order valence-corrected chi connectivity index (χ1v) is 9.34. The van der Waals surface area contributed by atoms with Gasteiger partial charge in [0.05, 0.1) is 30.8 Å². The lowest BCUT2D eigenvalue weighted by atomic mass is 10.1. The average molecular weight is 391 g/mol. The van der Waals surface area contributed by atoms with Crippen LogP contribution < -0.4 is 14.8 Å². The monoisotopic (exact) mass is 391 g/mol. The van der Waals surface area contributed by atoms with E-state index in [1.54, 1.807) is 56.1 Å². The van der Waals surface area contributed by atoms with E-state index in [2.05, 4.69) is 15.3 Å². The maximum atomic E-state index is 12.9. The molecule has 6 nitrogen and oxygen atoms in total. The number of amides is 1. The highest BCUT2D eigenvalue weighted by Crippen LogP contribution is 2.34. The van der Waals surface area contributed by atoms with Gasteiger partial charge in [-0.2, -0.15) is 0 Å². The number of carbonyl (C=O) groups excluding carboxylic acids is 1. The number of nitrogens with one attached hydrogen (secondary N) is 1. The van der Waals surface area contributed by atoms with E-state index in [0.717, 1.165) is 20.8 Å². The van der Waals surface area contributed by atoms with Crippen molar-refractivity contribution in [2.24, 2.45) is 0 Å². The molecule has 2 aromatic carbocycles. The van der Waals surface area contributed by atoms with Crippen molar-refractivity contribution in [2.75, 3.05) is 19.5 Å². The summed E-state index contributed by atoms with van der Waals surface area (Å²) in [6, 6.07) is 14.6. The molecule has 0 aliphatic heterocycles. The molecule has 1 amide bonds. The number of anilines is 1. The summed E-state index contributed by atoms with van der Waals surface area (Å²) in [5.74, 6) is 0.848. The van der Waals surface area contributed by atoms with E-state index in [4.69, 9.17) is 9.47 Å². The fourth-order valence-electron chi connectivity index (χ4n) is 2.81. The molecular formula is C21H17N3O3S. The van der Waals surface area contributed by atoms with Gasteiger partial charge in [-0.05, 0) is 30.3 Å². The molecule has 0 atom stereocenters. The molecule has 2 heterocycles. The highest BCUT2D eigenvalue weighted by atomic mass is 32.1. The van der Waals surface area contributed by atoms with E-state index in [1.165, 1.54) is 0 Å². The van der Waals surface area contributed by atoms with Crippen molar-refractivity contribution in [3.63, 3.8) is 0 Å². The molecule has 140 valence electrons. The van der Waals surface area contributed by atoms with Gasteiger partial charge in [0.1, 0.15) is 22.0 Å². The molecule has 4 rings (SSSR count). The minimum absolute atomic E-state index is 0.257. The first-order valence-electron chi connectivity index (χ1n) is 8.52. The number of benzene rings is 2. The van der Waals surface area contributed by atoms with Gasteiger partial charge >= 0.3 is 0 Å². The Bertz CT molecular complexity index is 1100. The maximum absolute atomic E-state index is 12.9. The molecule has 4 aromatic rings. The third-order valence-electron chi connectivity index (χ3n) is 4.21. The van der Waals surface area contributed by atoms with E-state index in [9.17, 15) is 4.79 Å². The van der Waals surface area contributed by atoms with Crippen molar-refractivity contribution in [3.8, 4) is 22.1 Å². The van der Waals surface area contributed by atoms with Crippen LogP contribution in [0.4, 0.5) is 5.69 Å². The fourth-order valence-corrected chi connectivity index (χ4v) is 3.78. The first kappa shape index (κ1) is 17.9. The topological polar surface area (TPSA) is 73.3 Å². The largest absolute Gasteiger partial charge is 0.497 e. The van der Waals surface area contributed by atoms with Crippen LogP contribution in [0.15, 0.2) is 60.9 Å². The standard InChI is InChI=1S/C21H17N3O3S/c1-26-14-9-13(10-15(11-14)27-2)20(25)23-17-6-4-3-5-16(17)21-24-18-12-22-8-7-19(18)28-21/h3-12H,1-2H3,(H,23,25). The van der Waals surface area contributed by atoms with Gasteiger partial charge in [-0.1, -0.05) is 12.1 Å². The van der Waals surface area contributed by atoms with Crippen molar-refractivity contribution < 1.29 is 14.3 Å². The Morgan fingerprint density at radius 1 is 1.04 bits per heavy atom. The van der Waals surface area contributed by atoms with Crippen molar-refractivity contribution >= 4 is 33.1 Å². The lowest BCUT2D eigenvalue weighted by Gasteiger charge is -2.11. The molecule has 7 heteroatoms. The van der Waals surface area contributed by atoms with Crippen LogP contribution in [0.3, 0.4) is 0 Å². The van der Waals surface area contributed by atoms with E-state index < -0.39 is 0 Å². The Kier molecular flexibility index (Phi) is 4.90. The molecule has 28 heavy (non-hydrogen) atoms. The second-order valence-corrected chi connectivity index (χ2v) is 6.99. The Hall–Kier alpha value is -3.45.